The van der Waals surface area contributed by atoms with Crippen LogP contribution < -0.4 is 11.3 Å². The summed E-state index contributed by atoms with van der Waals surface area (Å²) in [6.45, 7) is 3.52. The van der Waals surface area contributed by atoms with E-state index in [1.807, 2.05) is 6.92 Å². The van der Waals surface area contributed by atoms with Gasteiger partial charge in [0, 0.05) is 11.1 Å². The summed E-state index contributed by atoms with van der Waals surface area (Å²) in [5.41, 5.74) is 4.57. The first-order chi connectivity index (χ1) is 9.04. The van der Waals surface area contributed by atoms with Crippen molar-refractivity contribution in [2.75, 3.05) is 0 Å². The number of hydrazine groups is 1. The van der Waals surface area contributed by atoms with E-state index in [1.165, 1.54) is 6.07 Å². The summed E-state index contributed by atoms with van der Waals surface area (Å²) in [6.07, 6.45) is 0. The maximum atomic E-state index is 14.1. The summed E-state index contributed by atoms with van der Waals surface area (Å²) in [5, 5.41) is 0. The lowest BCUT2D eigenvalue weighted by molar-refractivity contribution is 0.528. The second kappa shape index (κ2) is 5.47. The molecule has 1 atom stereocenters. The van der Waals surface area contributed by atoms with Gasteiger partial charge in [-0.05, 0) is 25.5 Å². The second-order valence-corrected chi connectivity index (χ2v) is 4.60. The maximum Gasteiger partial charge on any atom is 0.131 e. The highest BCUT2D eigenvalue weighted by Crippen LogP contribution is 2.27. The zero-order valence-corrected chi connectivity index (χ0v) is 10.9. The van der Waals surface area contributed by atoms with E-state index in [4.69, 9.17) is 5.84 Å². The summed E-state index contributed by atoms with van der Waals surface area (Å²) in [5.74, 6) is 4.71. The molecule has 0 saturated carbocycles. The van der Waals surface area contributed by atoms with Crippen molar-refractivity contribution < 1.29 is 8.78 Å². The number of rotatable bonds is 3. The third-order valence-electron chi connectivity index (χ3n) is 3.16. The van der Waals surface area contributed by atoms with Crippen molar-refractivity contribution in [3.05, 3.63) is 70.3 Å². The first-order valence-electron chi connectivity index (χ1n) is 6.01. The third-order valence-corrected chi connectivity index (χ3v) is 3.16. The Morgan fingerprint density at radius 1 is 1.05 bits per heavy atom. The summed E-state index contributed by atoms with van der Waals surface area (Å²) in [7, 11) is 0. The average molecular weight is 262 g/mol. The standard InChI is InChI=1S/C15H16F2N2/c1-9-6-7-13(16)12(8-9)15(19-18)11-5-3-4-10(2)14(11)17/h3-8,15,19H,18H2,1-2H3. The SMILES string of the molecule is Cc1ccc(F)c(C(NN)c2cccc(C)c2F)c1. The minimum atomic E-state index is -0.709. The molecule has 0 aromatic heterocycles. The number of nitrogens with two attached hydrogens (primary N) is 1. The Kier molecular flexibility index (Phi) is 3.93. The fraction of sp³-hybridized carbons (Fsp3) is 0.200. The highest BCUT2D eigenvalue weighted by molar-refractivity contribution is 5.37. The van der Waals surface area contributed by atoms with E-state index in [9.17, 15) is 8.78 Å². The fourth-order valence-electron chi connectivity index (χ4n) is 2.12. The van der Waals surface area contributed by atoms with E-state index in [0.717, 1.165) is 5.56 Å². The lowest BCUT2D eigenvalue weighted by Gasteiger charge is -2.19. The zero-order chi connectivity index (χ0) is 14.0. The van der Waals surface area contributed by atoms with Gasteiger partial charge in [0.25, 0.3) is 0 Å². The average Bonchev–Trinajstić information content (AvgIpc) is 2.39. The van der Waals surface area contributed by atoms with E-state index in [2.05, 4.69) is 5.43 Å². The molecule has 100 valence electrons. The van der Waals surface area contributed by atoms with Crippen molar-refractivity contribution in [1.29, 1.82) is 0 Å². The predicted molar refractivity (Wildman–Crippen MR) is 71.4 cm³/mol. The van der Waals surface area contributed by atoms with Gasteiger partial charge < -0.3 is 0 Å². The van der Waals surface area contributed by atoms with E-state index < -0.39 is 11.9 Å². The normalized spacial score (nSPS) is 12.5. The van der Waals surface area contributed by atoms with Crippen molar-refractivity contribution in [1.82, 2.24) is 5.43 Å². The number of hydrogen-bond donors (Lipinski definition) is 2. The Morgan fingerprint density at radius 3 is 2.47 bits per heavy atom. The van der Waals surface area contributed by atoms with Gasteiger partial charge in [0.1, 0.15) is 11.6 Å². The minimum absolute atomic E-state index is 0.340. The van der Waals surface area contributed by atoms with Crippen LogP contribution in [0, 0.1) is 25.5 Å². The molecule has 0 amide bonds. The first-order valence-corrected chi connectivity index (χ1v) is 6.01. The highest BCUT2D eigenvalue weighted by atomic mass is 19.1. The number of benzene rings is 2. The fourth-order valence-corrected chi connectivity index (χ4v) is 2.12. The lowest BCUT2D eigenvalue weighted by Crippen LogP contribution is -2.30. The number of aryl methyl sites for hydroxylation is 2. The molecule has 3 N–H and O–H groups in total. The van der Waals surface area contributed by atoms with E-state index in [0.29, 0.717) is 16.7 Å². The van der Waals surface area contributed by atoms with E-state index >= 15 is 0 Å². The molecule has 0 fully saturated rings. The molecule has 0 aliphatic heterocycles. The first kappa shape index (κ1) is 13.6. The van der Waals surface area contributed by atoms with Crippen LogP contribution >= 0.6 is 0 Å². The van der Waals surface area contributed by atoms with Crippen LogP contribution in [-0.4, -0.2) is 0 Å². The van der Waals surface area contributed by atoms with Gasteiger partial charge in [0.2, 0.25) is 0 Å². The number of halogens is 2. The maximum absolute atomic E-state index is 14.1. The monoisotopic (exact) mass is 262 g/mol. The van der Waals surface area contributed by atoms with Crippen LogP contribution in [0.15, 0.2) is 36.4 Å². The van der Waals surface area contributed by atoms with Crippen LogP contribution in [-0.2, 0) is 0 Å². The van der Waals surface area contributed by atoms with E-state index in [-0.39, 0.29) is 5.82 Å². The molecule has 0 radical (unpaired) electrons. The highest BCUT2D eigenvalue weighted by Gasteiger charge is 2.20. The summed E-state index contributed by atoms with van der Waals surface area (Å²) in [6, 6.07) is 8.99. The molecule has 19 heavy (non-hydrogen) atoms. The van der Waals surface area contributed by atoms with Gasteiger partial charge in [-0.2, -0.15) is 0 Å². The molecule has 1 unspecified atom stereocenters. The van der Waals surface area contributed by atoms with Crippen molar-refractivity contribution in [2.24, 2.45) is 5.84 Å². The Labute approximate surface area is 111 Å². The van der Waals surface area contributed by atoms with Gasteiger partial charge in [-0.15, -0.1) is 0 Å². The van der Waals surface area contributed by atoms with E-state index in [1.54, 1.807) is 37.3 Å². The van der Waals surface area contributed by atoms with Crippen LogP contribution in [0.1, 0.15) is 28.3 Å². The summed E-state index contributed by atoms with van der Waals surface area (Å²) >= 11 is 0. The smallest absolute Gasteiger partial charge is 0.131 e. The lowest BCUT2D eigenvalue weighted by atomic mass is 9.95. The summed E-state index contributed by atoms with van der Waals surface area (Å²) in [4.78, 5) is 0. The molecule has 2 rings (SSSR count). The number of nitrogens with one attached hydrogen (secondary N) is 1. The van der Waals surface area contributed by atoms with Gasteiger partial charge >= 0.3 is 0 Å². The van der Waals surface area contributed by atoms with Gasteiger partial charge in [0.15, 0.2) is 0 Å². The molecule has 0 bridgehead atoms. The second-order valence-electron chi connectivity index (χ2n) is 4.60. The molecule has 4 heteroatoms. The van der Waals surface area contributed by atoms with Gasteiger partial charge in [-0.3, -0.25) is 5.84 Å². The largest absolute Gasteiger partial charge is 0.271 e. The summed E-state index contributed by atoms with van der Waals surface area (Å²) < 4.78 is 28.0. The minimum Gasteiger partial charge on any atom is -0.271 e. The van der Waals surface area contributed by atoms with Crippen LogP contribution in [0.25, 0.3) is 0 Å². The topological polar surface area (TPSA) is 38.0 Å². The molecule has 2 nitrogen and oxygen atoms in total. The van der Waals surface area contributed by atoms with Crippen molar-refractivity contribution in [2.45, 2.75) is 19.9 Å². The van der Waals surface area contributed by atoms with Crippen molar-refractivity contribution >= 4 is 0 Å². The molecule has 2 aromatic carbocycles. The van der Waals surface area contributed by atoms with Gasteiger partial charge in [-0.25, -0.2) is 14.2 Å². The van der Waals surface area contributed by atoms with Gasteiger partial charge in [-0.1, -0.05) is 35.9 Å². The van der Waals surface area contributed by atoms with Gasteiger partial charge in [0.05, 0.1) is 6.04 Å². The molecule has 0 spiro atoms. The predicted octanol–water partition coefficient (Wildman–Crippen LogP) is 3.13. The Hall–Kier alpha value is -1.78. The van der Waals surface area contributed by atoms with Crippen molar-refractivity contribution in [3.8, 4) is 0 Å². The Morgan fingerprint density at radius 2 is 1.79 bits per heavy atom. The molecule has 2 aromatic rings. The third kappa shape index (κ3) is 2.64. The Bertz CT molecular complexity index is 595. The van der Waals surface area contributed by atoms with Crippen molar-refractivity contribution in [3.63, 3.8) is 0 Å². The van der Waals surface area contributed by atoms with Crippen LogP contribution in [0.3, 0.4) is 0 Å². The molecule has 0 aliphatic carbocycles. The van der Waals surface area contributed by atoms with Crippen LogP contribution in [0.4, 0.5) is 8.78 Å². The quantitative estimate of drug-likeness (QED) is 0.658. The molecule has 0 aliphatic rings. The molecular formula is C15H16F2N2. The van der Waals surface area contributed by atoms with Crippen LogP contribution in [0.2, 0.25) is 0 Å². The van der Waals surface area contributed by atoms with Crippen LogP contribution in [0.5, 0.6) is 0 Å². The molecule has 0 saturated heterocycles. The Balaban J connectivity index is 2.56. The molecular weight excluding hydrogens is 246 g/mol. The number of hydrogen-bond acceptors (Lipinski definition) is 2. The zero-order valence-electron chi connectivity index (χ0n) is 10.9. The molecule has 0 heterocycles.